The number of amides is 2. The van der Waals surface area contributed by atoms with Crippen molar-refractivity contribution in [3.63, 3.8) is 0 Å². The molecule has 0 radical (unpaired) electrons. The number of hydrogen-bond donors (Lipinski definition) is 2. The smallest absolute Gasteiger partial charge is 0.337 e. The number of carbonyl (C=O) groups is 2. The van der Waals surface area contributed by atoms with Crippen LogP contribution in [0.2, 0.25) is 0 Å². The number of halogens is 3. The van der Waals surface area contributed by atoms with Crippen LogP contribution in [-0.4, -0.2) is 52.5 Å². The summed E-state index contributed by atoms with van der Waals surface area (Å²) in [7, 11) is 0. The Kier molecular flexibility index (Phi) is 6.97. The Morgan fingerprint density at radius 2 is 1.81 bits per heavy atom. The monoisotopic (exact) mass is 435 g/mol. The molecule has 31 heavy (non-hydrogen) atoms. The SMILES string of the molecule is CC1CN(Cc2ccc(C(=O)NO)cc2)CCN1C(=O)Cc1cccc(C(F)(F)F)c1. The summed E-state index contributed by atoms with van der Waals surface area (Å²) in [6.45, 7) is 4.32. The molecular formula is C22H24F3N3O3. The fourth-order valence-corrected chi connectivity index (χ4v) is 3.77. The Balaban J connectivity index is 1.56. The molecule has 2 aromatic rings. The molecule has 3 rings (SSSR count). The van der Waals surface area contributed by atoms with E-state index in [0.717, 1.165) is 17.7 Å². The molecule has 9 heteroatoms. The fraction of sp³-hybridized carbons (Fsp3) is 0.364. The molecule has 1 fully saturated rings. The van der Waals surface area contributed by atoms with Gasteiger partial charge >= 0.3 is 6.18 Å². The van der Waals surface area contributed by atoms with Gasteiger partial charge in [-0.3, -0.25) is 19.7 Å². The second kappa shape index (κ2) is 9.49. The highest BCUT2D eigenvalue weighted by Gasteiger charge is 2.31. The molecule has 0 bridgehead atoms. The lowest BCUT2D eigenvalue weighted by molar-refractivity contribution is -0.138. The van der Waals surface area contributed by atoms with E-state index in [0.29, 0.717) is 37.3 Å². The maximum atomic E-state index is 12.9. The maximum absolute atomic E-state index is 12.9. The Labute approximate surface area is 178 Å². The van der Waals surface area contributed by atoms with E-state index in [2.05, 4.69) is 4.90 Å². The van der Waals surface area contributed by atoms with E-state index in [4.69, 9.17) is 5.21 Å². The van der Waals surface area contributed by atoms with Crippen molar-refractivity contribution in [1.82, 2.24) is 15.3 Å². The van der Waals surface area contributed by atoms with Gasteiger partial charge in [0.05, 0.1) is 12.0 Å². The van der Waals surface area contributed by atoms with E-state index in [1.54, 1.807) is 34.6 Å². The molecular weight excluding hydrogens is 411 g/mol. The lowest BCUT2D eigenvalue weighted by Gasteiger charge is -2.40. The average molecular weight is 435 g/mol. The van der Waals surface area contributed by atoms with Crippen molar-refractivity contribution in [2.24, 2.45) is 0 Å². The van der Waals surface area contributed by atoms with Crippen molar-refractivity contribution in [2.75, 3.05) is 19.6 Å². The Hall–Kier alpha value is -2.91. The molecule has 0 saturated carbocycles. The molecule has 2 amide bonds. The van der Waals surface area contributed by atoms with Crippen LogP contribution in [0.3, 0.4) is 0 Å². The molecule has 0 spiro atoms. The lowest BCUT2D eigenvalue weighted by Crippen LogP contribution is -2.54. The summed E-state index contributed by atoms with van der Waals surface area (Å²) in [6.07, 6.45) is -4.50. The zero-order valence-electron chi connectivity index (χ0n) is 17.0. The fourth-order valence-electron chi connectivity index (χ4n) is 3.77. The largest absolute Gasteiger partial charge is 0.416 e. The maximum Gasteiger partial charge on any atom is 0.416 e. The summed E-state index contributed by atoms with van der Waals surface area (Å²) in [5.74, 6) is -0.765. The number of carbonyl (C=O) groups excluding carboxylic acids is 2. The van der Waals surface area contributed by atoms with Gasteiger partial charge in [-0.1, -0.05) is 30.3 Å². The van der Waals surface area contributed by atoms with Crippen LogP contribution >= 0.6 is 0 Å². The van der Waals surface area contributed by atoms with Crippen molar-refractivity contribution >= 4 is 11.8 Å². The predicted molar refractivity (Wildman–Crippen MR) is 107 cm³/mol. The summed E-state index contributed by atoms with van der Waals surface area (Å²) >= 11 is 0. The van der Waals surface area contributed by atoms with Crippen LogP contribution < -0.4 is 5.48 Å². The third-order valence-electron chi connectivity index (χ3n) is 5.37. The minimum atomic E-state index is -4.43. The first-order valence-electron chi connectivity index (χ1n) is 9.88. The van der Waals surface area contributed by atoms with E-state index < -0.39 is 17.6 Å². The second-order valence-corrected chi connectivity index (χ2v) is 7.68. The molecule has 2 aromatic carbocycles. The highest BCUT2D eigenvalue weighted by molar-refractivity contribution is 5.93. The molecule has 1 atom stereocenters. The summed E-state index contributed by atoms with van der Waals surface area (Å²) in [6, 6.07) is 11.7. The summed E-state index contributed by atoms with van der Waals surface area (Å²) < 4.78 is 38.7. The van der Waals surface area contributed by atoms with E-state index in [9.17, 15) is 22.8 Å². The number of hydrogen-bond acceptors (Lipinski definition) is 4. The van der Waals surface area contributed by atoms with Crippen LogP contribution in [0, 0.1) is 0 Å². The van der Waals surface area contributed by atoms with E-state index >= 15 is 0 Å². The molecule has 1 heterocycles. The van der Waals surface area contributed by atoms with Gasteiger partial charge in [0.2, 0.25) is 5.91 Å². The first-order valence-corrected chi connectivity index (χ1v) is 9.88. The highest BCUT2D eigenvalue weighted by Crippen LogP contribution is 2.29. The quantitative estimate of drug-likeness (QED) is 0.559. The lowest BCUT2D eigenvalue weighted by atomic mass is 10.1. The van der Waals surface area contributed by atoms with E-state index in [-0.39, 0.29) is 18.4 Å². The Morgan fingerprint density at radius 1 is 1.10 bits per heavy atom. The van der Waals surface area contributed by atoms with Gasteiger partial charge in [0.1, 0.15) is 0 Å². The normalized spacial score (nSPS) is 17.5. The number of benzene rings is 2. The van der Waals surface area contributed by atoms with Gasteiger partial charge in [0.25, 0.3) is 5.91 Å². The summed E-state index contributed by atoms with van der Waals surface area (Å²) in [5, 5.41) is 8.67. The van der Waals surface area contributed by atoms with Crippen molar-refractivity contribution in [3.8, 4) is 0 Å². The number of piperazine rings is 1. The number of rotatable bonds is 5. The third-order valence-corrected chi connectivity index (χ3v) is 5.37. The first kappa shape index (κ1) is 22.8. The van der Waals surface area contributed by atoms with Gasteiger partial charge in [-0.2, -0.15) is 13.2 Å². The second-order valence-electron chi connectivity index (χ2n) is 7.68. The van der Waals surface area contributed by atoms with E-state index in [1.807, 2.05) is 6.92 Å². The van der Waals surface area contributed by atoms with Gasteiger partial charge < -0.3 is 4.90 Å². The van der Waals surface area contributed by atoms with Crippen molar-refractivity contribution in [2.45, 2.75) is 32.1 Å². The van der Waals surface area contributed by atoms with Crippen LogP contribution in [0.15, 0.2) is 48.5 Å². The minimum absolute atomic E-state index is 0.0668. The number of alkyl halides is 3. The Bertz CT molecular complexity index is 932. The Morgan fingerprint density at radius 3 is 2.42 bits per heavy atom. The van der Waals surface area contributed by atoms with Crippen molar-refractivity contribution in [1.29, 1.82) is 0 Å². The van der Waals surface area contributed by atoms with Crippen LogP contribution in [0.1, 0.15) is 34.0 Å². The minimum Gasteiger partial charge on any atom is -0.337 e. The molecule has 1 aliphatic heterocycles. The topological polar surface area (TPSA) is 72.9 Å². The van der Waals surface area contributed by atoms with Crippen LogP contribution in [0.5, 0.6) is 0 Å². The average Bonchev–Trinajstić information content (AvgIpc) is 2.73. The third kappa shape index (κ3) is 5.83. The van der Waals surface area contributed by atoms with Crippen LogP contribution in [0.25, 0.3) is 0 Å². The molecule has 166 valence electrons. The zero-order chi connectivity index (χ0) is 22.6. The molecule has 1 unspecified atom stereocenters. The van der Waals surface area contributed by atoms with Crippen molar-refractivity contribution < 1.29 is 28.0 Å². The van der Waals surface area contributed by atoms with Gasteiger partial charge in [0.15, 0.2) is 0 Å². The molecule has 2 N–H and O–H groups in total. The van der Waals surface area contributed by atoms with Gasteiger partial charge in [-0.15, -0.1) is 0 Å². The van der Waals surface area contributed by atoms with Crippen LogP contribution in [-0.2, 0) is 23.9 Å². The summed E-state index contributed by atoms with van der Waals surface area (Å²) in [5.41, 5.74) is 2.53. The van der Waals surface area contributed by atoms with Crippen LogP contribution in [0.4, 0.5) is 13.2 Å². The van der Waals surface area contributed by atoms with Crippen molar-refractivity contribution in [3.05, 3.63) is 70.8 Å². The van der Waals surface area contributed by atoms with Gasteiger partial charge in [-0.25, -0.2) is 5.48 Å². The number of nitrogens with one attached hydrogen (secondary N) is 1. The standard InChI is InChI=1S/C22H24F3N3O3/c1-15-13-27(14-16-5-7-18(8-6-16)21(30)26-31)9-10-28(15)20(29)12-17-3-2-4-19(11-17)22(23,24)25/h2-8,11,15,31H,9-10,12-14H2,1H3,(H,26,30). The molecule has 0 aromatic heterocycles. The van der Waals surface area contributed by atoms with Gasteiger partial charge in [0, 0.05) is 37.8 Å². The molecule has 6 nitrogen and oxygen atoms in total. The molecule has 1 saturated heterocycles. The predicted octanol–water partition coefficient (Wildman–Crippen LogP) is 3.10. The summed E-state index contributed by atoms with van der Waals surface area (Å²) in [4.78, 5) is 28.0. The highest BCUT2D eigenvalue weighted by atomic mass is 19.4. The zero-order valence-corrected chi connectivity index (χ0v) is 17.0. The number of nitrogens with zero attached hydrogens (tertiary/aromatic N) is 2. The molecule has 0 aliphatic carbocycles. The van der Waals surface area contributed by atoms with E-state index in [1.165, 1.54) is 12.1 Å². The number of hydroxylamine groups is 1. The first-order chi connectivity index (χ1) is 14.7. The molecule has 1 aliphatic rings. The van der Waals surface area contributed by atoms with Gasteiger partial charge in [-0.05, 0) is 36.2 Å².